The van der Waals surface area contributed by atoms with Gasteiger partial charge in [-0.3, -0.25) is 0 Å². The van der Waals surface area contributed by atoms with Gasteiger partial charge in [-0.15, -0.1) is 0 Å². The van der Waals surface area contributed by atoms with Gasteiger partial charge >= 0.3 is 0 Å². The minimum absolute atomic E-state index is 0.775. The number of hydrogen-bond donors (Lipinski definition) is 1. The van der Waals surface area contributed by atoms with Gasteiger partial charge < -0.3 is 15.5 Å². The standard InChI is InChI=1S/C17H37N3/c1-5-20-13-9-17(10-14-20)19(4)12-6-7-16(8-11-18)15(2)3/h15-17H,5-14,18H2,1-4H3. The molecule has 1 unspecified atom stereocenters. The number of piperidine rings is 1. The van der Waals surface area contributed by atoms with Crippen LogP contribution >= 0.6 is 0 Å². The number of hydrogen-bond acceptors (Lipinski definition) is 3. The third kappa shape index (κ3) is 6.11. The highest BCUT2D eigenvalue weighted by atomic mass is 15.2. The summed E-state index contributed by atoms with van der Waals surface area (Å²) in [5.74, 6) is 1.59. The lowest BCUT2D eigenvalue weighted by Crippen LogP contribution is -2.43. The fraction of sp³-hybridized carbons (Fsp3) is 1.00. The van der Waals surface area contributed by atoms with E-state index in [1.165, 1.54) is 58.3 Å². The van der Waals surface area contributed by atoms with E-state index in [2.05, 4.69) is 37.6 Å². The number of rotatable bonds is 9. The molecule has 0 aliphatic carbocycles. The summed E-state index contributed by atoms with van der Waals surface area (Å²) in [4.78, 5) is 5.17. The molecule has 1 aliphatic rings. The summed E-state index contributed by atoms with van der Waals surface area (Å²) in [6.07, 6.45) is 6.55. The molecule has 0 aromatic heterocycles. The van der Waals surface area contributed by atoms with Crippen LogP contribution in [-0.2, 0) is 0 Å². The highest BCUT2D eigenvalue weighted by molar-refractivity contribution is 4.78. The Morgan fingerprint density at radius 1 is 1.20 bits per heavy atom. The number of likely N-dealkylation sites (tertiary alicyclic amines) is 1. The van der Waals surface area contributed by atoms with E-state index >= 15 is 0 Å². The van der Waals surface area contributed by atoms with E-state index in [1.54, 1.807) is 0 Å². The monoisotopic (exact) mass is 283 g/mol. The first-order valence-electron chi connectivity index (χ1n) is 8.71. The van der Waals surface area contributed by atoms with Crippen molar-refractivity contribution in [3.8, 4) is 0 Å². The van der Waals surface area contributed by atoms with Crippen LogP contribution in [0.4, 0.5) is 0 Å². The minimum atomic E-state index is 0.775. The Balaban J connectivity index is 2.20. The first-order chi connectivity index (χ1) is 9.58. The lowest BCUT2D eigenvalue weighted by atomic mass is 9.88. The summed E-state index contributed by atoms with van der Waals surface area (Å²) in [5.41, 5.74) is 5.73. The molecule has 0 aromatic rings. The highest BCUT2D eigenvalue weighted by Crippen LogP contribution is 2.21. The van der Waals surface area contributed by atoms with Gasteiger partial charge in [0.15, 0.2) is 0 Å². The maximum absolute atomic E-state index is 5.73. The van der Waals surface area contributed by atoms with Crippen LogP contribution < -0.4 is 5.73 Å². The quantitative estimate of drug-likeness (QED) is 0.706. The summed E-state index contributed by atoms with van der Waals surface area (Å²) in [7, 11) is 2.32. The van der Waals surface area contributed by atoms with Crippen LogP contribution in [0.15, 0.2) is 0 Å². The molecule has 20 heavy (non-hydrogen) atoms. The first kappa shape index (κ1) is 17.9. The van der Waals surface area contributed by atoms with Crippen molar-refractivity contribution in [2.24, 2.45) is 17.6 Å². The Labute approximate surface area is 126 Å². The molecule has 1 aliphatic heterocycles. The fourth-order valence-electron chi connectivity index (χ4n) is 3.49. The molecule has 3 nitrogen and oxygen atoms in total. The van der Waals surface area contributed by atoms with Crippen molar-refractivity contribution in [2.45, 2.75) is 58.9 Å². The smallest absolute Gasteiger partial charge is 0.0117 e. The van der Waals surface area contributed by atoms with Crippen LogP contribution in [-0.4, -0.2) is 55.6 Å². The van der Waals surface area contributed by atoms with Crippen LogP contribution in [0.25, 0.3) is 0 Å². The van der Waals surface area contributed by atoms with E-state index in [0.717, 1.165) is 24.4 Å². The molecule has 0 radical (unpaired) electrons. The summed E-state index contributed by atoms with van der Waals surface area (Å²) in [6, 6.07) is 0.810. The second-order valence-corrected chi connectivity index (χ2v) is 6.87. The zero-order valence-electron chi connectivity index (χ0n) is 14.3. The van der Waals surface area contributed by atoms with Crippen molar-refractivity contribution in [2.75, 3.05) is 39.8 Å². The summed E-state index contributed by atoms with van der Waals surface area (Å²) >= 11 is 0. The molecule has 0 bridgehead atoms. The average molecular weight is 284 g/mol. The third-order valence-corrected chi connectivity index (χ3v) is 5.19. The predicted molar refractivity (Wildman–Crippen MR) is 89.0 cm³/mol. The molecule has 120 valence electrons. The Morgan fingerprint density at radius 3 is 2.35 bits per heavy atom. The lowest BCUT2D eigenvalue weighted by Gasteiger charge is -2.36. The molecule has 0 aromatic carbocycles. The Morgan fingerprint density at radius 2 is 1.85 bits per heavy atom. The van der Waals surface area contributed by atoms with Gasteiger partial charge in [0.25, 0.3) is 0 Å². The van der Waals surface area contributed by atoms with Gasteiger partial charge in [0.1, 0.15) is 0 Å². The maximum Gasteiger partial charge on any atom is 0.0117 e. The minimum Gasteiger partial charge on any atom is -0.330 e. The topological polar surface area (TPSA) is 32.5 Å². The second kappa shape index (κ2) is 9.75. The van der Waals surface area contributed by atoms with E-state index in [4.69, 9.17) is 5.73 Å². The van der Waals surface area contributed by atoms with Crippen LogP contribution in [0.3, 0.4) is 0 Å². The lowest BCUT2D eigenvalue weighted by molar-refractivity contribution is 0.128. The van der Waals surface area contributed by atoms with Crippen molar-refractivity contribution >= 4 is 0 Å². The van der Waals surface area contributed by atoms with Crippen LogP contribution in [0, 0.1) is 11.8 Å². The van der Waals surface area contributed by atoms with Gasteiger partial charge in [0.05, 0.1) is 0 Å². The van der Waals surface area contributed by atoms with Crippen LogP contribution in [0.1, 0.15) is 52.9 Å². The Kier molecular flexibility index (Phi) is 8.74. The molecule has 1 saturated heterocycles. The Hall–Kier alpha value is -0.120. The normalized spacial score (nSPS) is 19.9. The van der Waals surface area contributed by atoms with Gasteiger partial charge in [-0.1, -0.05) is 20.8 Å². The Bertz CT molecular complexity index is 234. The van der Waals surface area contributed by atoms with Crippen LogP contribution in [0.2, 0.25) is 0 Å². The van der Waals surface area contributed by atoms with Gasteiger partial charge in [-0.2, -0.15) is 0 Å². The van der Waals surface area contributed by atoms with Crippen molar-refractivity contribution in [3.63, 3.8) is 0 Å². The van der Waals surface area contributed by atoms with Crippen molar-refractivity contribution < 1.29 is 0 Å². The fourth-order valence-corrected chi connectivity index (χ4v) is 3.49. The van der Waals surface area contributed by atoms with Gasteiger partial charge in [0, 0.05) is 6.04 Å². The van der Waals surface area contributed by atoms with Gasteiger partial charge in [0.2, 0.25) is 0 Å². The summed E-state index contributed by atoms with van der Waals surface area (Å²) in [6.45, 7) is 12.8. The zero-order valence-corrected chi connectivity index (χ0v) is 14.3. The maximum atomic E-state index is 5.73. The molecule has 0 saturated carbocycles. The highest BCUT2D eigenvalue weighted by Gasteiger charge is 2.21. The number of nitrogens with two attached hydrogens (primary N) is 1. The van der Waals surface area contributed by atoms with E-state index in [0.29, 0.717) is 0 Å². The molecule has 0 amide bonds. The van der Waals surface area contributed by atoms with Crippen molar-refractivity contribution in [1.29, 1.82) is 0 Å². The van der Waals surface area contributed by atoms with E-state index in [-0.39, 0.29) is 0 Å². The molecular weight excluding hydrogens is 246 g/mol. The molecule has 0 spiro atoms. The third-order valence-electron chi connectivity index (χ3n) is 5.19. The molecule has 1 rings (SSSR count). The molecule has 1 atom stereocenters. The molecule has 1 fully saturated rings. The summed E-state index contributed by atoms with van der Waals surface area (Å²) in [5, 5.41) is 0. The predicted octanol–water partition coefficient (Wildman–Crippen LogP) is 2.80. The van der Waals surface area contributed by atoms with Crippen molar-refractivity contribution in [1.82, 2.24) is 9.80 Å². The van der Waals surface area contributed by atoms with Crippen molar-refractivity contribution in [3.05, 3.63) is 0 Å². The zero-order chi connectivity index (χ0) is 15.0. The second-order valence-electron chi connectivity index (χ2n) is 6.87. The SMILES string of the molecule is CCN1CCC(N(C)CCCC(CCN)C(C)C)CC1. The number of nitrogens with zero attached hydrogens (tertiary/aromatic N) is 2. The summed E-state index contributed by atoms with van der Waals surface area (Å²) < 4.78 is 0. The van der Waals surface area contributed by atoms with Gasteiger partial charge in [-0.05, 0) is 83.7 Å². The first-order valence-corrected chi connectivity index (χ1v) is 8.71. The molecular formula is C17H37N3. The van der Waals surface area contributed by atoms with Crippen LogP contribution in [0.5, 0.6) is 0 Å². The van der Waals surface area contributed by atoms with Gasteiger partial charge in [-0.25, -0.2) is 0 Å². The van der Waals surface area contributed by atoms with E-state index < -0.39 is 0 Å². The van der Waals surface area contributed by atoms with E-state index in [9.17, 15) is 0 Å². The molecule has 1 heterocycles. The largest absolute Gasteiger partial charge is 0.330 e. The molecule has 2 N–H and O–H groups in total. The van der Waals surface area contributed by atoms with E-state index in [1.807, 2.05) is 0 Å². The average Bonchev–Trinajstić information content (AvgIpc) is 2.46. The molecule has 3 heteroatoms.